The van der Waals surface area contributed by atoms with Crippen molar-refractivity contribution in [2.24, 2.45) is 0 Å². The molecule has 5 heteroatoms. The van der Waals surface area contributed by atoms with Gasteiger partial charge in [-0.1, -0.05) is 36.2 Å². The van der Waals surface area contributed by atoms with E-state index >= 15 is 0 Å². The molecule has 3 nitrogen and oxygen atoms in total. The predicted molar refractivity (Wildman–Crippen MR) is 70.5 cm³/mol. The second-order valence-corrected chi connectivity index (χ2v) is 4.41. The monoisotopic (exact) mass is 277 g/mol. The quantitative estimate of drug-likeness (QED) is 0.610. The van der Waals surface area contributed by atoms with Crippen molar-refractivity contribution in [2.75, 3.05) is 20.3 Å². The smallest absolute Gasteiger partial charge is 0.0916 e. The molecule has 0 bridgehead atoms. The van der Waals surface area contributed by atoms with Gasteiger partial charge in [0.05, 0.1) is 29.3 Å². The third kappa shape index (κ3) is 4.82. The van der Waals surface area contributed by atoms with Gasteiger partial charge in [-0.15, -0.1) is 0 Å². The van der Waals surface area contributed by atoms with Gasteiger partial charge in [0.25, 0.3) is 0 Å². The van der Waals surface area contributed by atoms with E-state index in [4.69, 9.17) is 32.8 Å². The number of nitrogens with one attached hydrogen (secondary N) is 1. The second kappa shape index (κ2) is 7.90. The Hall–Kier alpha value is -0.320. The Morgan fingerprint density at radius 3 is 2.59 bits per heavy atom. The van der Waals surface area contributed by atoms with Gasteiger partial charge in [0.2, 0.25) is 0 Å². The molecule has 0 aromatic heterocycles. The molecule has 0 aliphatic rings. The fraction of sp³-hybridized carbons (Fsp3) is 0.500. The van der Waals surface area contributed by atoms with Gasteiger partial charge in [0.1, 0.15) is 0 Å². The maximum atomic E-state index is 5.98. The molecule has 17 heavy (non-hydrogen) atoms. The highest BCUT2D eigenvalue weighted by Crippen LogP contribution is 2.26. The van der Waals surface area contributed by atoms with Crippen LogP contribution in [0.25, 0.3) is 0 Å². The molecular weight excluding hydrogens is 261 g/mol. The number of hydrogen-bond donors (Lipinski definition) is 1. The SMILES string of the molecule is CCC(NOCCOC)c1ccc(Cl)c(Cl)c1. The number of hydroxylamine groups is 1. The largest absolute Gasteiger partial charge is 0.382 e. The van der Waals surface area contributed by atoms with Crippen LogP contribution in [0.1, 0.15) is 24.9 Å². The Morgan fingerprint density at radius 2 is 2.00 bits per heavy atom. The first-order valence-electron chi connectivity index (χ1n) is 5.50. The summed E-state index contributed by atoms with van der Waals surface area (Å²) in [5.74, 6) is 0. The predicted octanol–water partition coefficient (Wildman–Crippen LogP) is 3.61. The van der Waals surface area contributed by atoms with Crippen LogP contribution in [0.15, 0.2) is 18.2 Å². The summed E-state index contributed by atoms with van der Waals surface area (Å²) in [6, 6.07) is 5.68. The molecule has 0 aliphatic heterocycles. The summed E-state index contributed by atoms with van der Waals surface area (Å²) in [6.07, 6.45) is 0.894. The summed E-state index contributed by atoms with van der Waals surface area (Å²) in [6.45, 7) is 3.14. The molecule has 0 fully saturated rings. The molecule has 0 saturated heterocycles. The number of ether oxygens (including phenoxy) is 1. The summed E-state index contributed by atoms with van der Waals surface area (Å²) in [5, 5.41) is 1.12. The lowest BCUT2D eigenvalue weighted by atomic mass is 10.1. The third-order valence-electron chi connectivity index (χ3n) is 2.37. The average Bonchev–Trinajstić information content (AvgIpc) is 2.33. The molecule has 1 aromatic carbocycles. The van der Waals surface area contributed by atoms with E-state index in [2.05, 4.69) is 12.4 Å². The number of hydrogen-bond acceptors (Lipinski definition) is 3. The van der Waals surface area contributed by atoms with E-state index in [9.17, 15) is 0 Å². The van der Waals surface area contributed by atoms with Crippen LogP contribution in [0.2, 0.25) is 10.0 Å². The van der Waals surface area contributed by atoms with Crippen molar-refractivity contribution in [2.45, 2.75) is 19.4 Å². The molecule has 0 amide bonds. The molecule has 1 atom stereocenters. The molecule has 0 radical (unpaired) electrons. The van der Waals surface area contributed by atoms with Gasteiger partial charge in [-0.05, 0) is 24.1 Å². The van der Waals surface area contributed by atoms with Gasteiger partial charge in [-0.3, -0.25) is 4.84 Å². The van der Waals surface area contributed by atoms with Crippen molar-refractivity contribution in [1.82, 2.24) is 5.48 Å². The molecule has 0 heterocycles. The fourth-order valence-corrected chi connectivity index (χ4v) is 1.71. The summed E-state index contributed by atoms with van der Waals surface area (Å²) < 4.78 is 4.89. The highest BCUT2D eigenvalue weighted by molar-refractivity contribution is 6.42. The summed E-state index contributed by atoms with van der Waals surface area (Å²) in [4.78, 5) is 5.30. The zero-order valence-corrected chi connectivity index (χ0v) is 11.5. The van der Waals surface area contributed by atoms with Gasteiger partial charge in [-0.2, -0.15) is 5.48 Å². The van der Waals surface area contributed by atoms with Crippen molar-refractivity contribution >= 4 is 23.2 Å². The van der Waals surface area contributed by atoms with Crippen LogP contribution in [0.5, 0.6) is 0 Å². The lowest BCUT2D eigenvalue weighted by Gasteiger charge is -2.17. The number of halogens is 2. The zero-order valence-electron chi connectivity index (χ0n) is 10.0. The molecular formula is C12H17Cl2NO2. The summed E-state index contributed by atoms with van der Waals surface area (Å²) in [5.41, 5.74) is 4.04. The van der Waals surface area contributed by atoms with Crippen molar-refractivity contribution in [1.29, 1.82) is 0 Å². The minimum atomic E-state index is 0.0987. The number of rotatable bonds is 7. The Morgan fingerprint density at radius 1 is 1.24 bits per heavy atom. The number of benzene rings is 1. The first kappa shape index (κ1) is 14.7. The lowest BCUT2D eigenvalue weighted by molar-refractivity contribution is -0.0131. The Bertz CT molecular complexity index is 347. The first-order valence-corrected chi connectivity index (χ1v) is 6.25. The van der Waals surface area contributed by atoms with Crippen LogP contribution < -0.4 is 5.48 Å². The maximum absolute atomic E-state index is 5.98. The molecule has 1 aromatic rings. The first-order chi connectivity index (χ1) is 8.19. The minimum absolute atomic E-state index is 0.0987. The van der Waals surface area contributed by atoms with Crippen molar-refractivity contribution in [3.05, 3.63) is 33.8 Å². The van der Waals surface area contributed by atoms with Crippen LogP contribution in [0.4, 0.5) is 0 Å². The minimum Gasteiger partial charge on any atom is -0.382 e. The van der Waals surface area contributed by atoms with Crippen LogP contribution in [-0.2, 0) is 9.57 Å². The normalized spacial score (nSPS) is 12.7. The van der Waals surface area contributed by atoms with E-state index < -0.39 is 0 Å². The van der Waals surface area contributed by atoms with Gasteiger partial charge in [0.15, 0.2) is 0 Å². The van der Waals surface area contributed by atoms with E-state index in [1.807, 2.05) is 12.1 Å². The van der Waals surface area contributed by atoms with Crippen molar-refractivity contribution in [3.8, 4) is 0 Å². The fourth-order valence-electron chi connectivity index (χ4n) is 1.40. The highest BCUT2D eigenvalue weighted by atomic mass is 35.5. The van der Waals surface area contributed by atoms with E-state index in [0.29, 0.717) is 23.3 Å². The maximum Gasteiger partial charge on any atom is 0.0916 e. The van der Waals surface area contributed by atoms with Gasteiger partial charge < -0.3 is 4.74 Å². The molecule has 0 saturated carbocycles. The van der Waals surface area contributed by atoms with Crippen LogP contribution >= 0.6 is 23.2 Å². The summed E-state index contributed by atoms with van der Waals surface area (Å²) >= 11 is 11.9. The van der Waals surface area contributed by atoms with Crippen LogP contribution in [0.3, 0.4) is 0 Å². The molecule has 96 valence electrons. The van der Waals surface area contributed by atoms with Gasteiger partial charge in [-0.25, -0.2) is 0 Å². The van der Waals surface area contributed by atoms with Crippen molar-refractivity contribution in [3.63, 3.8) is 0 Å². The van der Waals surface area contributed by atoms with Crippen LogP contribution in [-0.4, -0.2) is 20.3 Å². The molecule has 1 rings (SSSR count). The average molecular weight is 278 g/mol. The van der Waals surface area contributed by atoms with E-state index in [0.717, 1.165) is 12.0 Å². The van der Waals surface area contributed by atoms with Crippen molar-refractivity contribution < 1.29 is 9.57 Å². The number of methoxy groups -OCH3 is 1. The molecule has 1 unspecified atom stereocenters. The Balaban J connectivity index is 2.56. The molecule has 0 spiro atoms. The molecule has 0 aliphatic carbocycles. The standard InChI is InChI=1S/C12H17Cl2NO2/c1-3-12(15-17-7-6-16-2)9-4-5-10(13)11(14)8-9/h4-5,8,12,15H,3,6-7H2,1-2H3. The van der Waals surface area contributed by atoms with E-state index in [-0.39, 0.29) is 6.04 Å². The lowest BCUT2D eigenvalue weighted by Crippen LogP contribution is -2.23. The molecule has 1 N–H and O–H groups in total. The zero-order chi connectivity index (χ0) is 12.7. The van der Waals surface area contributed by atoms with Crippen LogP contribution in [0, 0.1) is 0 Å². The topological polar surface area (TPSA) is 30.5 Å². The Labute approximate surface area is 112 Å². The van der Waals surface area contributed by atoms with E-state index in [1.165, 1.54) is 0 Å². The highest BCUT2D eigenvalue weighted by Gasteiger charge is 2.10. The van der Waals surface area contributed by atoms with Gasteiger partial charge >= 0.3 is 0 Å². The van der Waals surface area contributed by atoms with E-state index in [1.54, 1.807) is 13.2 Å². The summed E-state index contributed by atoms with van der Waals surface area (Å²) in [7, 11) is 1.64. The Kier molecular flexibility index (Phi) is 6.85. The van der Waals surface area contributed by atoms with Gasteiger partial charge in [0, 0.05) is 7.11 Å². The second-order valence-electron chi connectivity index (χ2n) is 3.59. The third-order valence-corrected chi connectivity index (χ3v) is 3.11.